The van der Waals surface area contributed by atoms with E-state index < -0.39 is 10.1 Å². The fraction of sp³-hybridized carbons (Fsp3) is 0.350. The van der Waals surface area contributed by atoms with Gasteiger partial charge in [-0.3, -0.25) is 4.55 Å². The summed E-state index contributed by atoms with van der Waals surface area (Å²) in [4.78, 5) is 0. The zero-order valence-electron chi connectivity index (χ0n) is 15.5. The SMILES string of the molecule is CCO/C(=C/c1sc2ccc3ccccc3c2[n+]1CCCS(=O)(=O)O)CC. The molecule has 0 amide bonds. The van der Waals surface area contributed by atoms with Gasteiger partial charge in [0.05, 0.1) is 23.8 Å². The second kappa shape index (κ2) is 8.37. The van der Waals surface area contributed by atoms with Gasteiger partial charge in [0, 0.05) is 12.8 Å². The summed E-state index contributed by atoms with van der Waals surface area (Å²) >= 11 is 1.66. The van der Waals surface area contributed by atoms with Gasteiger partial charge in [0.15, 0.2) is 6.54 Å². The third-order valence-electron chi connectivity index (χ3n) is 4.36. The first-order valence-corrected chi connectivity index (χ1v) is 11.5. The van der Waals surface area contributed by atoms with Gasteiger partial charge in [0.1, 0.15) is 10.5 Å². The van der Waals surface area contributed by atoms with Crippen molar-refractivity contribution >= 4 is 48.5 Å². The number of nitrogens with zero attached hydrogens (tertiary/aromatic N) is 1. The van der Waals surface area contributed by atoms with Crippen LogP contribution in [-0.4, -0.2) is 25.3 Å². The standard InChI is InChI=1S/C20H23NO4S2/c1-3-16(25-4-2)14-19-21(12-7-13-27(22,23)24)20-17-9-6-5-8-15(17)10-11-18(20)26-19/h5-6,8-11,14H,3-4,7,12-13H2,1-2H3/p+1/b16-14+. The van der Waals surface area contributed by atoms with Crippen molar-refractivity contribution in [3.8, 4) is 0 Å². The van der Waals surface area contributed by atoms with Crippen LogP contribution < -0.4 is 4.57 Å². The van der Waals surface area contributed by atoms with Crippen molar-refractivity contribution in [3.05, 3.63) is 47.2 Å². The number of aromatic nitrogens is 1. The molecule has 0 unspecified atom stereocenters. The van der Waals surface area contributed by atoms with Crippen molar-refractivity contribution in [2.45, 2.75) is 33.2 Å². The average molecular weight is 407 g/mol. The molecule has 0 atom stereocenters. The summed E-state index contributed by atoms with van der Waals surface area (Å²) in [7, 11) is -3.97. The van der Waals surface area contributed by atoms with Gasteiger partial charge in [-0.25, -0.2) is 0 Å². The summed E-state index contributed by atoms with van der Waals surface area (Å²) in [6.07, 6.45) is 3.17. The van der Waals surface area contributed by atoms with Crippen LogP contribution in [0.3, 0.4) is 0 Å². The van der Waals surface area contributed by atoms with Crippen LogP contribution in [0.25, 0.3) is 27.1 Å². The molecule has 0 aliphatic carbocycles. The molecule has 3 aromatic rings. The van der Waals surface area contributed by atoms with E-state index in [4.69, 9.17) is 9.29 Å². The Morgan fingerprint density at radius 3 is 2.70 bits per heavy atom. The molecule has 0 aliphatic rings. The van der Waals surface area contributed by atoms with Gasteiger partial charge in [0.2, 0.25) is 5.52 Å². The van der Waals surface area contributed by atoms with Crippen LogP contribution in [0.15, 0.2) is 42.2 Å². The van der Waals surface area contributed by atoms with Gasteiger partial charge in [-0.15, -0.1) is 0 Å². The van der Waals surface area contributed by atoms with E-state index in [2.05, 4.69) is 28.8 Å². The minimum absolute atomic E-state index is 0.253. The highest BCUT2D eigenvalue weighted by molar-refractivity contribution is 7.85. The van der Waals surface area contributed by atoms with E-state index in [1.807, 2.05) is 32.1 Å². The lowest BCUT2D eigenvalue weighted by Crippen LogP contribution is -2.36. The van der Waals surface area contributed by atoms with Crippen LogP contribution in [0, 0.1) is 0 Å². The van der Waals surface area contributed by atoms with E-state index in [9.17, 15) is 8.42 Å². The Balaban J connectivity index is 2.15. The minimum Gasteiger partial charge on any atom is -0.498 e. The van der Waals surface area contributed by atoms with E-state index in [1.54, 1.807) is 11.3 Å². The summed E-state index contributed by atoms with van der Waals surface area (Å²) in [5.41, 5.74) is 1.09. The normalized spacial score (nSPS) is 12.8. The van der Waals surface area contributed by atoms with Crippen molar-refractivity contribution in [3.63, 3.8) is 0 Å². The number of thiazole rings is 1. The molecule has 1 heterocycles. The van der Waals surface area contributed by atoms with Gasteiger partial charge < -0.3 is 4.74 Å². The van der Waals surface area contributed by atoms with E-state index in [1.165, 1.54) is 0 Å². The summed E-state index contributed by atoms with van der Waals surface area (Å²) in [5.74, 6) is 0.647. The maximum absolute atomic E-state index is 11.1. The number of fused-ring (bicyclic) bond motifs is 3. The third kappa shape index (κ3) is 4.66. The van der Waals surface area contributed by atoms with Crippen molar-refractivity contribution in [1.29, 1.82) is 0 Å². The van der Waals surface area contributed by atoms with Gasteiger partial charge in [-0.2, -0.15) is 13.0 Å². The number of rotatable bonds is 8. The number of hydrogen-bond acceptors (Lipinski definition) is 4. The van der Waals surface area contributed by atoms with Gasteiger partial charge >= 0.3 is 0 Å². The van der Waals surface area contributed by atoms with E-state index in [0.29, 0.717) is 19.6 Å². The largest absolute Gasteiger partial charge is 0.498 e. The predicted molar refractivity (Wildman–Crippen MR) is 110 cm³/mol. The predicted octanol–water partition coefficient (Wildman–Crippen LogP) is 4.41. The zero-order valence-corrected chi connectivity index (χ0v) is 17.1. The lowest BCUT2D eigenvalue weighted by atomic mass is 10.1. The number of ether oxygens (including phenoxy) is 1. The molecule has 2 aromatic carbocycles. The van der Waals surface area contributed by atoms with Gasteiger partial charge in [0.25, 0.3) is 15.1 Å². The molecule has 144 valence electrons. The van der Waals surface area contributed by atoms with Crippen LogP contribution in [0.1, 0.15) is 31.7 Å². The Morgan fingerprint density at radius 1 is 1.22 bits per heavy atom. The van der Waals surface area contributed by atoms with Crippen LogP contribution >= 0.6 is 11.3 Å². The van der Waals surface area contributed by atoms with Crippen LogP contribution in [0.5, 0.6) is 0 Å². The first-order chi connectivity index (χ1) is 12.9. The molecule has 0 radical (unpaired) electrons. The van der Waals surface area contributed by atoms with Crippen LogP contribution in [0.4, 0.5) is 0 Å². The third-order valence-corrected chi connectivity index (χ3v) is 6.26. The maximum Gasteiger partial charge on any atom is 0.266 e. The average Bonchev–Trinajstić information content (AvgIpc) is 2.98. The molecule has 5 nitrogen and oxygen atoms in total. The monoisotopic (exact) mass is 406 g/mol. The smallest absolute Gasteiger partial charge is 0.266 e. The zero-order chi connectivity index (χ0) is 19.4. The second-order valence-corrected chi connectivity index (χ2v) is 8.90. The quantitative estimate of drug-likeness (QED) is 0.342. The molecule has 1 aromatic heterocycles. The maximum atomic E-state index is 11.1. The Morgan fingerprint density at radius 2 is 2.00 bits per heavy atom. The van der Waals surface area contributed by atoms with E-state index in [-0.39, 0.29) is 5.75 Å². The Labute approximate surface area is 163 Å². The Bertz CT molecular complexity index is 1080. The molecule has 0 fully saturated rings. The number of allylic oxidation sites excluding steroid dienone is 1. The highest BCUT2D eigenvalue weighted by Crippen LogP contribution is 2.29. The summed E-state index contributed by atoms with van der Waals surface area (Å²) < 4.78 is 40.4. The highest BCUT2D eigenvalue weighted by Gasteiger charge is 2.22. The fourth-order valence-corrected chi connectivity index (χ4v) is 4.83. The van der Waals surface area contributed by atoms with E-state index >= 15 is 0 Å². The lowest BCUT2D eigenvalue weighted by molar-refractivity contribution is -0.667. The molecule has 0 saturated heterocycles. The molecule has 0 spiro atoms. The fourth-order valence-electron chi connectivity index (χ4n) is 3.18. The summed E-state index contributed by atoms with van der Waals surface area (Å²) in [6, 6.07) is 12.4. The Kier molecular flexibility index (Phi) is 6.14. The molecule has 1 N–H and O–H groups in total. The van der Waals surface area contributed by atoms with Crippen molar-refractivity contribution < 1.29 is 22.3 Å². The first kappa shape index (κ1) is 19.8. The minimum atomic E-state index is -3.97. The van der Waals surface area contributed by atoms with Crippen LogP contribution in [0.2, 0.25) is 0 Å². The Hall–Kier alpha value is -1.96. The van der Waals surface area contributed by atoms with E-state index in [0.717, 1.165) is 38.2 Å². The number of hydrogen-bond donors (Lipinski definition) is 1. The molecule has 0 saturated carbocycles. The molecular formula is C20H24NO4S2+. The molecule has 0 aliphatic heterocycles. The van der Waals surface area contributed by atoms with Gasteiger partial charge in [-0.05, 0) is 24.4 Å². The molecule has 3 rings (SSSR count). The van der Waals surface area contributed by atoms with Gasteiger partial charge in [-0.1, -0.05) is 42.5 Å². The molecule has 7 heteroatoms. The summed E-state index contributed by atoms with van der Waals surface area (Å²) in [6.45, 7) is 5.12. The van der Waals surface area contributed by atoms with Crippen LogP contribution in [-0.2, 0) is 21.4 Å². The second-order valence-electron chi connectivity index (χ2n) is 6.26. The van der Waals surface area contributed by atoms with Crippen molar-refractivity contribution in [1.82, 2.24) is 0 Å². The first-order valence-electron chi connectivity index (χ1n) is 9.05. The topological polar surface area (TPSA) is 67.5 Å². The van der Waals surface area contributed by atoms with Crippen molar-refractivity contribution in [2.24, 2.45) is 0 Å². The summed E-state index contributed by atoms with van der Waals surface area (Å²) in [5, 5.41) is 3.29. The molecule has 27 heavy (non-hydrogen) atoms. The molecular weight excluding hydrogens is 382 g/mol. The van der Waals surface area contributed by atoms with Crippen molar-refractivity contribution in [2.75, 3.05) is 12.4 Å². The lowest BCUT2D eigenvalue weighted by Gasteiger charge is -2.04. The number of aryl methyl sites for hydroxylation is 1. The number of benzene rings is 2. The highest BCUT2D eigenvalue weighted by atomic mass is 32.2. The molecule has 0 bridgehead atoms.